The van der Waals surface area contributed by atoms with E-state index < -0.39 is 18.8 Å². The molecule has 134 valence electrons. The number of amides is 2. The second-order valence-electron chi connectivity index (χ2n) is 5.04. The van der Waals surface area contributed by atoms with Gasteiger partial charge in [-0.15, -0.1) is 0 Å². The molecule has 0 spiro atoms. The minimum atomic E-state index is -4.43. The van der Waals surface area contributed by atoms with E-state index in [-0.39, 0.29) is 18.5 Å². The lowest BCUT2D eigenvalue weighted by Crippen LogP contribution is -2.43. The van der Waals surface area contributed by atoms with Crippen molar-refractivity contribution < 1.29 is 32.2 Å². The first-order valence-corrected chi connectivity index (χ1v) is 7.28. The highest BCUT2D eigenvalue weighted by Crippen LogP contribution is 2.17. The van der Waals surface area contributed by atoms with Gasteiger partial charge in [0.2, 0.25) is 5.88 Å². The van der Waals surface area contributed by atoms with Gasteiger partial charge in [-0.05, 0) is 11.6 Å². The summed E-state index contributed by atoms with van der Waals surface area (Å²) in [6.07, 6.45) is -3.30. The van der Waals surface area contributed by atoms with Crippen LogP contribution in [0.5, 0.6) is 5.88 Å². The third-order valence-corrected chi connectivity index (χ3v) is 3.01. The highest BCUT2D eigenvalue weighted by molar-refractivity contribution is 5.73. The van der Waals surface area contributed by atoms with Crippen molar-refractivity contribution in [1.29, 1.82) is 0 Å². The van der Waals surface area contributed by atoms with Crippen LogP contribution in [0, 0.1) is 0 Å². The Bertz CT molecular complexity index is 536. The zero-order chi connectivity index (χ0) is 17.4. The lowest BCUT2D eigenvalue weighted by molar-refractivity contribution is -0.154. The number of ether oxygens (including phenoxy) is 3. The first-order valence-electron chi connectivity index (χ1n) is 7.28. The van der Waals surface area contributed by atoms with Crippen LogP contribution in [-0.2, 0) is 16.0 Å². The molecule has 2 amide bonds. The molecule has 0 radical (unpaired) electrons. The van der Waals surface area contributed by atoms with Gasteiger partial charge < -0.3 is 24.8 Å². The molecule has 0 unspecified atom stereocenters. The molecule has 0 saturated carbocycles. The van der Waals surface area contributed by atoms with Crippen LogP contribution in [-0.4, -0.2) is 56.3 Å². The van der Waals surface area contributed by atoms with Crippen LogP contribution in [0.4, 0.5) is 18.0 Å². The largest absolute Gasteiger partial charge is 0.468 e. The summed E-state index contributed by atoms with van der Waals surface area (Å²) in [5.41, 5.74) is 0.564. The third-order valence-electron chi connectivity index (χ3n) is 3.01. The summed E-state index contributed by atoms with van der Waals surface area (Å²) in [6, 6.07) is 2.49. The van der Waals surface area contributed by atoms with Crippen molar-refractivity contribution in [1.82, 2.24) is 15.6 Å². The molecule has 1 aromatic heterocycles. The SMILES string of the molecule is O=C(NCc1ccnc(OCC(F)(F)F)c1)NC[C@H]1COCCO1. The lowest BCUT2D eigenvalue weighted by atomic mass is 10.2. The summed E-state index contributed by atoms with van der Waals surface area (Å²) in [5, 5.41) is 5.22. The summed E-state index contributed by atoms with van der Waals surface area (Å²) in [4.78, 5) is 15.4. The summed E-state index contributed by atoms with van der Waals surface area (Å²) in [5.74, 6) is -0.153. The van der Waals surface area contributed by atoms with Crippen molar-refractivity contribution in [2.24, 2.45) is 0 Å². The normalized spacial score (nSPS) is 18.0. The molecule has 0 aliphatic carbocycles. The standard InChI is InChI=1S/C14H18F3N3O4/c15-14(16,17)9-24-12-5-10(1-2-18-12)6-19-13(21)20-7-11-8-22-3-4-23-11/h1-2,5,11H,3-4,6-9H2,(H2,19,20,21)/t11-/m0/s1. The van der Waals surface area contributed by atoms with Crippen molar-refractivity contribution in [3.8, 4) is 5.88 Å². The van der Waals surface area contributed by atoms with Gasteiger partial charge in [-0.1, -0.05) is 0 Å². The Labute approximate surface area is 136 Å². The fourth-order valence-corrected chi connectivity index (χ4v) is 1.90. The van der Waals surface area contributed by atoms with E-state index in [9.17, 15) is 18.0 Å². The maximum Gasteiger partial charge on any atom is 0.422 e. The maximum atomic E-state index is 12.1. The maximum absolute atomic E-state index is 12.1. The van der Waals surface area contributed by atoms with E-state index in [1.807, 2.05) is 0 Å². The van der Waals surface area contributed by atoms with E-state index >= 15 is 0 Å². The fraction of sp³-hybridized carbons (Fsp3) is 0.571. The average molecular weight is 349 g/mol. The highest BCUT2D eigenvalue weighted by atomic mass is 19.4. The predicted octanol–water partition coefficient (Wildman–Crippen LogP) is 1.24. The Kier molecular flexibility index (Phi) is 6.62. The number of alkyl halides is 3. The van der Waals surface area contributed by atoms with E-state index in [1.54, 1.807) is 6.07 Å². The average Bonchev–Trinajstić information content (AvgIpc) is 2.57. The van der Waals surface area contributed by atoms with Crippen molar-refractivity contribution in [3.63, 3.8) is 0 Å². The summed E-state index contributed by atoms with van der Waals surface area (Å²) < 4.78 is 51.4. The molecular formula is C14H18F3N3O4. The second-order valence-corrected chi connectivity index (χ2v) is 5.04. The molecule has 10 heteroatoms. The van der Waals surface area contributed by atoms with Crippen molar-refractivity contribution in [2.75, 3.05) is 33.0 Å². The van der Waals surface area contributed by atoms with Crippen LogP contribution in [0.15, 0.2) is 18.3 Å². The molecule has 1 atom stereocenters. The summed E-state index contributed by atoms with van der Waals surface area (Å²) in [6.45, 7) is 0.474. The third kappa shape index (κ3) is 7.01. The molecule has 24 heavy (non-hydrogen) atoms. The Balaban J connectivity index is 1.71. The quantitative estimate of drug-likeness (QED) is 0.808. The van der Waals surface area contributed by atoms with Crippen LogP contribution in [0.25, 0.3) is 0 Å². The molecule has 1 aromatic rings. The molecule has 2 rings (SSSR count). The van der Waals surface area contributed by atoms with Gasteiger partial charge in [0, 0.05) is 25.4 Å². The number of hydrogen-bond donors (Lipinski definition) is 2. The number of urea groups is 1. The van der Waals surface area contributed by atoms with Crippen LogP contribution in [0.1, 0.15) is 5.56 Å². The van der Waals surface area contributed by atoms with E-state index in [2.05, 4.69) is 20.4 Å². The van der Waals surface area contributed by atoms with Crippen LogP contribution < -0.4 is 15.4 Å². The van der Waals surface area contributed by atoms with Crippen LogP contribution in [0.3, 0.4) is 0 Å². The van der Waals surface area contributed by atoms with Gasteiger partial charge in [0.05, 0.1) is 25.9 Å². The van der Waals surface area contributed by atoms with Crippen LogP contribution >= 0.6 is 0 Å². The number of nitrogens with one attached hydrogen (secondary N) is 2. The Morgan fingerprint density at radius 1 is 1.38 bits per heavy atom. The monoisotopic (exact) mass is 349 g/mol. The highest BCUT2D eigenvalue weighted by Gasteiger charge is 2.28. The molecule has 0 bridgehead atoms. The van der Waals surface area contributed by atoms with Gasteiger partial charge in [0.1, 0.15) is 0 Å². The minimum absolute atomic E-state index is 0.124. The number of halogens is 3. The fourth-order valence-electron chi connectivity index (χ4n) is 1.90. The number of rotatable bonds is 6. The van der Waals surface area contributed by atoms with Gasteiger partial charge in [-0.2, -0.15) is 13.2 Å². The molecular weight excluding hydrogens is 331 g/mol. The molecule has 1 aliphatic rings. The van der Waals surface area contributed by atoms with Gasteiger partial charge in [-0.3, -0.25) is 0 Å². The lowest BCUT2D eigenvalue weighted by Gasteiger charge is -2.23. The number of aromatic nitrogens is 1. The molecule has 1 saturated heterocycles. The predicted molar refractivity (Wildman–Crippen MR) is 76.6 cm³/mol. The smallest absolute Gasteiger partial charge is 0.422 e. The zero-order valence-electron chi connectivity index (χ0n) is 12.8. The molecule has 1 fully saturated rings. The van der Waals surface area contributed by atoms with Crippen molar-refractivity contribution in [3.05, 3.63) is 23.9 Å². The van der Waals surface area contributed by atoms with Gasteiger partial charge >= 0.3 is 12.2 Å². The molecule has 7 nitrogen and oxygen atoms in total. The van der Waals surface area contributed by atoms with Crippen molar-refractivity contribution in [2.45, 2.75) is 18.8 Å². The molecule has 2 heterocycles. The van der Waals surface area contributed by atoms with Gasteiger partial charge in [-0.25, -0.2) is 9.78 Å². The van der Waals surface area contributed by atoms with E-state index in [0.29, 0.717) is 31.9 Å². The number of nitrogens with zero attached hydrogens (tertiary/aromatic N) is 1. The van der Waals surface area contributed by atoms with E-state index in [0.717, 1.165) is 0 Å². The van der Waals surface area contributed by atoms with E-state index in [1.165, 1.54) is 12.3 Å². The number of carbonyl (C=O) groups excluding carboxylic acids is 1. The number of carbonyl (C=O) groups is 1. The first-order chi connectivity index (χ1) is 11.4. The molecule has 2 N–H and O–H groups in total. The molecule has 0 aromatic carbocycles. The first kappa shape index (κ1) is 18.3. The Morgan fingerprint density at radius 2 is 2.21 bits per heavy atom. The van der Waals surface area contributed by atoms with E-state index in [4.69, 9.17) is 9.47 Å². The second kappa shape index (κ2) is 8.69. The topological polar surface area (TPSA) is 81.7 Å². The Hall–Kier alpha value is -2.07. The minimum Gasteiger partial charge on any atom is -0.468 e. The molecule has 1 aliphatic heterocycles. The zero-order valence-corrected chi connectivity index (χ0v) is 12.8. The summed E-state index contributed by atoms with van der Waals surface area (Å²) in [7, 11) is 0. The number of pyridine rings is 1. The van der Waals surface area contributed by atoms with Crippen molar-refractivity contribution >= 4 is 6.03 Å². The number of hydrogen-bond acceptors (Lipinski definition) is 5. The van der Waals surface area contributed by atoms with Gasteiger partial charge in [0.15, 0.2) is 6.61 Å². The Morgan fingerprint density at radius 3 is 2.92 bits per heavy atom. The van der Waals surface area contributed by atoms with Crippen LogP contribution in [0.2, 0.25) is 0 Å². The van der Waals surface area contributed by atoms with Gasteiger partial charge in [0.25, 0.3) is 0 Å². The summed E-state index contributed by atoms with van der Waals surface area (Å²) >= 11 is 0.